The van der Waals surface area contributed by atoms with E-state index in [0.29, 0.717) is 29.0 Å². The SMILES string of the molecule is CC(N)CNc1nc(Nc2ccc(Cl)c(N)c2)c2c(n1)N(C(C)C)NN2C(C)C. The monoisotopic (exact) mass is 419 g/mol. The molecule has 0 saturated carbocycles. The van der Waals surface area contributed by atoms with Crippen molar-refractivity contribution >= 4 is 46.2 Å². The lowest BCUT2D eigenvalue weighted by Gasteiger charge is -2.27. The fourth-order valence-corrected chi connectivity index (χ4v) is 3.07. The lowest BCUT2D eigenvalue weighted by molar-refractivity contribution is 0.524. The van der Waals surface area contributed by atoms with Gasteiger partial charge in [0.25, 0.3) is 0 Å². The number of benzene rings is 1. The zero-order valence-electron chi connectivity index (χ0n) is 17.5. The van der Waals surface area contributed by atoms with Gasteiger partial charge in [0.2, 0.25) is 5.95 Å². The standard InChI is InChI=1S/C19H30ClN9/c1-10(2)28-16-17(24-13-6-7-14(20)15(22)8-13)25-19(23-9-12(5)21)26-18(16)29(27-28)11(3)4/h6-8,10-12,27H,9,21-22H2,1-5H3,(H2,23,24,25,26). The summed E-state index contributed by atoms with van der Waals surface area (Å²) in [6.07, 6.45) is 0. The topological polar surface area (TPSA) is 120 Å². The quantitative estimate of drug-likeness (QED) is 0.431. The summed E-state index contributed by atoms with van der Waals surface area (Å²) >= 11 is 6.07. The number of anilines is 6. The fraction of sp³-hybridized carbons (Fsp3) is 0.474. The Hall–Kier alpha value is -2.49. The van der Waals surface area contributed by atoms with Crippen LogP contribution < -0.4 is 37.7 Å². The normalized spacial score (nSPS) is 14.5. The molecule has 1 atom stereocenters. The first-order valence-corrected chi connectivity index (χ1v) is 10.1. The molecule has 1 unspecified atom stereocenters. The first kappa shape index (κ1) is 21.2. The first-order valence-electron chi connectivity index (χ1n) is 9.75. The Morgan fingerprint density at radius 2 is 1.79 bits per heavy atom. The summed E-state index contributed by atoms with van der Waals surface area (Å²) < 4.78 is 0. The maximum Gasteiger partial charge on any atom is 0.226 e. The van der Waals surface area contributed by atoms with E-state index in [9.17, 15) is 0 Å². The molecule has 9 nitrogen and oxygen atoms in total. The van der Waals surface area contributed by atoms with Crippen molar-refractivity contribution in [2.75, 3.05) is 32.9 Å². The number of rotatable bonds is 7. The summed E-state index contributed by atoms with van der Waals surface area (Å²) in [5, 5.41) is 11.2. The second kappa shape index (κ2) is 8.48. The molecule has 2 heterocycles. The number of halogens is 1. The third kappa shape index (κ3) is 4.58. The van der Waals surface area contributed by atoms with Crippen molar-refractivity contribution in [2.45, 2.75) is 52.7 Å². The fourth-order valence-electron chi connectivity index (χ4n) is 2.96. The van der Waals surface area contributed by atoms with Crippen LogP contribution in [0.4, 0.5) is 34.6 Å². The van der Waals surface area contributed by atoms with Gasteiger partial charge in [-0.1, -0.05) is 11.6 Å². The Morgan fingerprint density at radius 3 is 2.38 bits per heavy atom. The molecule has 0 radical (unpaired) electrons. The maximum absolute atomic E-state index is 6.07. The summed E-state index contributed by atoms with van der Waals surface area (Å²) in [6, 6.07) is 5.76. The molecule has 0 spiro atoms. The molecule has 29 heavy (non-hydrogen) atoms. The van der Waals surface area contributed by atoms with E-state index in [1.54, 1.807) is 12.1 Å². The molecule has 0 amide bonds. The average molecular weight is 420 g/mol. The highest BCUT2D eigenvalue weighted by molar-refractivity contribution is 6.33. The van der Waals surface area contributed by atoms with Gasteiger partial charge in [-0.05, 0) is 52.8 Å². The molecule has 1 aliphatic rings. The molecule has 7 N–H and O–H groups in total. The van der Waals surface area contributed by atoms with Gasteiger partial charge in [0, 0.05) is 30.4 Å². The first-order chi connectivity index (χ1) is 13.7. The Kier molecular flexibility index (Phi) is 6.21. The average Bonchev–Trinajstić information content (AvgIpc) is 3.03. The van der Waals surface area contributed by atoms with Crippen molar-refractivity contribution in [3.8, 4) is 0 Å². The Balaban J connectivity index is 2.08. The highest BCUT2D eigenvalue weighted by Crippen LogP contribution is 2.41. The van der Waals surface area contributed by atoms with Crippen LogP contribution in [-0.4, -0.2) is 34.6 Å². The third-order valence-electron chi connectivity index (χ3n) is 4.42. The van der Waals surface area contributed by atoms with Crippen LogP contribution in [0.1, 0.15) is 34.6 Å². The number of nitrogens with two attached hydrogens (primary N) is 2. The van der Waals surface area contributed by atoms with Gasteiger partial charge < -0.3 is 22.1 Å². The van der Waals surface area contributed by atoms with Crippen LogP contribution in [0.2, 0.25) is 5.02 Å². The number of hydrogen-bond acceptors (Lipinski definition) is 9. The predicted octanol–water partition coefficient (Wildman–Crippen LogP) is 3.08. The van der Waals surface area contributed by atoms with Gasteiger partial charge in [0.1, 0.15) is 5.69 Å². The van der Waals surface area contributed by atoms with Crippen LogP contribution in [0.3, 0.4) is 0 Å². The van der Waals surface area contributed by atoms with Gasteiger partial charge in [-0.15, -0.1) is 5.53 Å². The second-order valence-electron chi connectivity index (χ2n) is 7.82. The predicted molar refractivity (Wildman–Crippen MR) is 122 cm³/mol. The largest absolute Gasteiger partial charge is 0.397 e. The van der Waals surface area contributed by atoms with Gasteiger partial charge in [0.15, 0.2) is 11.6 Å². The molecule has 0 aliphatic carbocycles. The molecule has 1 aromatic heterocycles. The van der Waals surface area contributed by atoms with Crippen molar-refractivity contribution < 1.29 is 0 Å². The summed E-state index contributed by atoms with van der Waals surface area (Å²) in [6.45, 7) is 10.9. The van der Waals surface area contributed by atoms with Crippen LogP contribution in [0.15, 0.2) is 18.2 Å². The molecule has 2 aromatic rings. The van der Waals surface area contributed by atoms with E-state index >= 15 is 0 Å². The molecular weight excluding hydrogens is 390 g/mol. The number of nitrogens with one attached hydrogen (secondary N) is 3. The Labute approximate surface area is 176 Å². The number of aromatic nitrogens is 2. The lowest BCUT2D eigenvalue weighted by atomic mass is 10.2. The Bertz CT molecular complexity index is 869. The Morgan fingerprint density at radius 1 is 1.10 bits per heavy atom. The number of nitrogens with zero attached hydrogens (tertiary/aromatic N) is 4. The zero-order chi connectivity index (χ0) is 21.3. The van der Waals surface area contributed by atoms with Crippen LogP contribution in [0, 0.1) is 0 Å². The smallest absolute Gasteiger partial charge is 0.226 e. The van der Waals surface area contributed by atoms with Crippen molar-refractivity contribution in [2.24, 2.45) is 5.73 Å². The molecule has 0 fully saturated rings. The molecular formula is C19H30ClN9. The molecule has 158 valence electrons. The van der Waals surface area contributed by atoms with Gasteiger partial charge in [-0.25, -0.2) is 0 Å². The summed E-state index contributed by atoms with van der Waals surface area (Å²) in [7, 11) is 0. The number of fused-ring (bicyclic) bond motifs is 1. The van der Waals surface area contributed by atoms with Gasteiger partial charge in [-0.2, -0.15) is 9.97 Å². The van der Waals surface area contributed by atoms with Gasteiger partial charge in [0.05, 0.1) is 10.7 Å². The molecule has 0 saturated heterocycles. The summed E-state index contributed by atoms with van der Waals surface area (Å²) in [5.41, 5.74) is 17.4. The minimum absolute atomic E-state index is 0.0224. The lowest BCUT2D eigenvalue weighted by Crippen LogP contribution is -2.50. The van der Waals surface area contributed by atoms with E-state index in [4.69, 9.17) is 33.0 Å². The van der Waals surface area contributed by atoms with E-state index < -0.39 is 0 Å². The second-order valence-corrected chi connectivity index (χ2v) is 8.22. The van der Waals surface area contributed by atoms with Crippen molar-refractivity contribution in [3.63, 3.8) is 0 Å². The number of hydrazine groups is 2. The molecule has 1 aliphatic heterocycles. The van der Waals surface area contributed by atoms with Crippen molar-refractivity contribution in [1.29, 1.82) is 0 Å². The molecule has 0 bridgehead atoms. The highest BCUT2D eigenvalue weighted by atomic mass is 35.5. The van der Waals surface area contributed by atoms with Crippen LogP contribution in [0.25, 0.3) is 0 Å². The zero-order valence-corrected chi connectivity index (χ0v) is 18.2. The van der Waals surface area contributed by atoms with E-state index in [0.717, 1.165) is 17.2 Å². The third-order valence-corrected chi connectivity index (χ3v) is 4.77. The maximum atomic E-state index is 6.07. The summed E-state index contributed by atoms with van der Waals surface area (Å²) in [4.78, 5) is 9.47. The van der Waals surface area contributed by atoms with E-state index in [2.05, 4.69) is 43.9 Å². The van der Waals surface area contributed by atoms with Crippen molar-refractivity contribution in [1.82, 2.24) is 15.5 Å². The van der Waals surface area contributed by atoms with E-state index in [1.807, 2.05) is 23.0 Å². The van der Waals surface area contributed by atoms with E-state index in [1.165, 1.54) is 0 Å². The van der Waals surface area contributed by atoms with Crippen LogP contribution >= 0.6 is 11.6 Å². The van der Waals surface area contributed by atoms with Crippen molar-refractivity contribution in [3.05, 3.63) is 23.2 Å². The number of nitrogen functional groups attached to an aromatic ring is 1. The molecule has 1 aromatic carbocycles. The molecule has 10 heteroatoms. The van der Waals surface area contributed by atoms with Gasteiger partial charge >= 0.3 is 0 Å². The molecule has 3 rings (SSSR count). The van der Waals surface area contributed by atoms with Crippen LogP contribution in [-0.2, 0) is 0 Å². The highest BCUT2D eigenvalue weighted by Gasteiger charge is 2.34. The van der Waals surface area contributed by atoms with E-state index in [-0.39, 0.29) is 18.1 Å². The van der Waals surface area contributed by atoms with Crippen LogP contribution in [0.5, 0.6) is 0 Å². The number of hydrogen-bond donors (Lipinski definition) is 5. The minimum atomic E-state index is -0.0224. The van der Waals surface area contributed by atoms with Gasteiger partial charge in [-0.3, -0.25) is 10.0 Å². The minimum Gasteiger partial charge on any atom is -0.397 e. The summed E-state index contributed by atoms with van der Waals surface area (Å²) in [5.74, 6) is 1.96.